The van der Waals surface area contributed by atoms with Gasteiger partial charge in [-0.3, -0.25) is 0 Å². The second-order valence-corrected chi connectivity index (χ2v) is 7.39. The lowest BCUT2D eigenvalue weighted by Crippen LogP contribution is -2.42. The molecule has 0 amide bonds. The van der Waals surface area contributed by atoms with Gasteiger partial charge < -0.3 is 0 Å². The van der Waals surface area contributed by atoms with Crippen molar-refractivity contribution in [1.82, 2.24) is 0 Å². The van der Waals surface area contributed by atoms with Gasteiger partial charge in [0.1, 0.15) is 0 Å². The molecule has 0 bridgehead atoms. The van der Waals surface area contributed by atoms with Crippen molar-refractivity contribution in [2.75, 3.05) is 0 Å². The van der Waals surface area contributed by atoms with Gasteiger partial charge in [0.2, 0.25) is 0 Å². The van der Waals surface area contributed by atoms with Gasteiger partial charge in [-0.05, 0) is 29.0 Å². The molecule has 0 saturated carbocycles. The van der Waals surface area contributed by atoms with Crippen molar-refractivity contribution in [3.63, 3.8) is 0 Å². The minimum atomic E-state index is 0.572. The summed E-state index contributed by atoms with van der Waals surface area (Å²) in [7, 11) is 0. The van der Waals surface area contributed by atoms with E-state index in [1.54, 1.807) is 0 Å². The average molecular weight is 236 g/mol. The molecule has 1 fully saturated rings. The fraction of sp³-hybridized carbons (Fsp3) is 1.00. The molecule has 1 aliphatic rings. The van der Waals surface area contributed by atoms with Crippen molar-refractivity contribution < 1.29 is 0 Å². The molecule has 1 rings (SSSR count). The van der Waals surface area contributed by atoms with Gasteiger partial charge in [-0.1, -0.05) is 73.9 Å². The van der Waals surface area contributed by atoms with Crippen molar-refractivity contribution in [2.24, 2.45) is 23.7 Å². The first-order valence-corrected chi connectivity index (χ1v) is 7.79. The van der Waals surface area contributed by atoms with Crippen LogP contribution in [0.2, 0.25) is 17.5 Å². The summed E-state index contributed by atoms with van der Waals surface area (Å²) in [6.07, 6.45) is 2.81. The van der Waals surface area contributed by atoms with E-state index in [0.29, 0.717) is 5.31 Å². The van der Waals surface area contributed by atoms with E-state index < -0.39 is 0 Å². The smallest absolute Gasteiger partial charge is 0.0706 e. The van der Waals surface area contributed by atoms with Crippen LogP contribution in [0.25, 0.3) is 0 Å². The highest BCUT2D eigenvalue weighted by Crippen LogP contribution is 2.64. The molecule has 0 aliphatic carbocycles. The number of rotatable bonds is 4. The fourth-order valence-corrected chi connectivity index (χ4v) is 5.52. The maximum Gasteiger partial charge on any atom is 0.150 e. The lowest BCUT2D eigenvalue weighted by Gasteiger charge is -2.48. The number of hydrogen-bond acceptors (Lipinski definition) is 0. The predicted molar refractivity (Wildman–Crippen MR) is 81.0 cm³/mol. The lowest BCUT2D eigenvalue weighted by molar-refractivity contribution is 0.176. The normalized spacial score (nSPS) is 28.8. The van der Waals surface area contributed by atoms with Crippen LogP contribution in [0.4, 0.5) is 0 Å². The Morgan fingerprint density at radius 2 is 1.53 bits per heavy atom. The van der Waals surface area contributed by atoms with E-state index in [4.69, 9.17) is 0 Å². The largest absolute Gasteiger partial charge is 0.150 e. The molecule has 0 radical (unpaired) electrons. The van der Waals surface area contributed by atoms with Crippen LogP contribution in [-0.2, 0) is 0 Å². The summed E-state index contributed by atoms with van der Waals surface area (Å²) in [5.41, 5.74) is 0. The first kappa shape index (κ1) is 15.1. The monoisotopic (exact) mass is 236 g/mol. The second-order valence-electron chi connectivity index (χ2n) is 7.39. The third-order valence-corrected chi connectivity index (χ3v) is 5.84. The summed E-state index contributed by atoms with van der Waals surface area (Å²) in [5, 5.41) is 0.572. The maximum absolute atomic E-state index is 2.50. The summed E-state index contributed by atoms with van der Waals surface area (Å²) >= 11 is 0. The van der Waals surface area contributed by atoms with Crippen LogP contribution in [0.5, 0.6) is 0 Å². The van der Waals surface area contributed by atoms with E-state index in [9.17, 15) is 0 Å². The first-order chi connectivity index (χ1) is 7.79. The van der Waals surface area contributed by atoms with Crippen LogP contribution in [-0.4, -0.2) is 6.71 Å². The summed E-state index contributed by atoms with van der Waals surface area (Å²) in [5.74, 6) is 4.29. The molecule has 1 aliphatic heterocycles. The Morgan fingerprint density at radius 1 is 1.06 bits per heavy atom. The van der Waals surface area contributed by atoms with Crippen LogP contribution >= 0.6 is 0 Å². The third-order valence-electron chi connectivity index (χ3n) is 5.84. The zero-order chi connectivity index (χ0) is 13.4. The zero-order valence-electron chi connectivity index (χ0n) is 13.4. The summed E-state index contributed by atoms with van der Waals surface area (Å²) in [6.45, 7) is 20.6. The Morgan fingerprint density at radius 3 is 1.82 bits per heavy atom. The molecule has 1 heteroatoms. The summed E-state index contributed by atoms with van der Waals surface area (Å²) in [4.78, 5) is 0. The maximum atomic E-state index is 2.50. The van der Waals surface area contributed by atoms with E-state index in [0.717, 1.165) is 36.2 Å². The van der Waals surface area contributed by atoms with Crippen LogP contribution in [0.15, 0.2) is 0 Å². The predicted octanol–water partition coefficient (Wildman–Crippen LogP) is 5.62. The number of hydrogen-bond donors (Lipinski definition) is 0. The summed E-state index contributed by atoms with van der Waals surface area (Å²) < 4.78 is 0. The van der Waals surface area contributed by atoms with Crippen molar-refractivity contribution in [2.45, 2.75) is 79.3 Å². The van der Waals surface area contributed by atoms with Crippen LogP contribution in [0, 0.1) is 23.7 Å². The Hall–Kier alpha value is 0.0649. The van der Waals surface area contributed by atoms with Gasteiger partial charge in [0, 0.05) is 0 Å². The summed E-state index contributed by atoms with van der Waals surface area (Å²) in [6, 6.07) is 0. The highest BCUT2D eigenvalue weighted by molar-refractivity contribution is 6.65. The Balaban J connectivity index is 3.25. The minimum absolute atomic E-state index is 0.572. The third kappa shape index (κ3) is 2.19. The molecule has 0 nitrogen and oxygen atoms in total. The lowest BCUT2D eigenvalue weighted by atomic mass is 9.24. The zero-order valence-corrected chi connectivity index (χ0v) is 13.4. The first-order valence-electron chi connectivity index (χ1n) is 7.79. The topological polar surface area (TPSA) is 0 Å². The van der Waals surface area contributed by atoms with Gasteiger partial charge in [0.05, 0.1) is 0 Å². The molecule has 0 aromatic carbocycles. The Bertz CT molecular complexity index is 234. The average Bonchev–Trinajstić information content (AvgIpc) is 2.51. The van der Waals surface area contributed by atoms with Gasteiger partial charge in [0.15, 0.2) is 6.71 Å². The molecule has 17 heavy (non-hydrogen) atoms. The van der Waals surface area contributed by atoms with Gasteiger partial charge >= 0.3 is 0 Å². The minimum Gasteiger partial charge on any atom is -0.0706 e. The van der Waals surface area contributed by atoms with E-state index in [-0.39, 0.29) is 0 Å². The fourth-order valence-electron chi connectivity index (χ4n) is 5.52. The van der Waals surface area contributed by atoms with Gasteiger partial charge in [-0.25, -0.2) is 0 Å². The van der Waals surface area contributed by atoms with Crippen LogP contribution in [0.3, 0.4) is 0 Å². The SMILES string of the molecule is CCC1C(C)CB(C(C)C)C1(C(C)C)C(C)C. The molecule has 0 aromatic rings. The van der Waals surface area contributed by atoms with Gasteiger partial charge in [0.25, 0.3) is 0 Å². The molecule has 0 N–H and O–H groups in total. The molecule has 0 aromatic heterocycles. The molecule has 1 saturated heterocycles. The Kier molecular flexibility index (Phi) is 4.77. The van der Waals surface area contributed by atoms with Crippen molar-refractivity contribution in [3.05, 3.63) is 0 Å². The highest BCUT2D eigenvalue weighted by Gasteiger charge is 2.57. The molecule has 0 spiro atoms. The standard InChI is InChI=1S/C16H33B/c1-9-15-14(8)10-17(13(6)7)16(15,11(2)3)12(4)5/h11-15H,9-10H2,1-8H3. The quantitative estimate of drug-likeness (QED) is 0.556. The van der Waals surface area contributed by atoms with E-state index in [1.165, 1.54) is 12.7 Å². The molecular formula is C16H33B. The van der Waals surface area contributed by atoms with E-state index in [2.05, 4.69) is 55.4 Å². The second kappa shape index (κ2) is 5.37. The van der Waals surface area contributed by atoms with E-state index >= 15 is 0 Å². The van der Waals surface area contributed by atoms with Crippen LogP contribution in [0.1, 0.15) is 61.8 Å². The van der Waals surface area contributed by atoms with Crippen molar-refractivity contribution in [1.29, 1.82) is 0 Å². The van der Waals surface area contributed by atoms with Crippen LogP contribution < -0.4 is 0 Å². The van der Waals surface area contributed by atoms with Crippen molar-refractivity contribution >= 4 is 6.71 Å². The van der Waals surface area contributed by atoms with Crippen molar-refractivity contribution in [3.8, 4) is 0 Å². The highest BCUT2D eigenvalue weighted by atomic mass is 14.5. The molecular weight excluding hydrogens is 203 g/mol. The molecule has 2 unspecified atom stereocenters. The Labute approximate surface area is 110 Å². The molecule has 2 atom stereocenters. The molecule has 100 valence electrons. The van der Waals surface area contributed by atoms with Gasteiger partial charge in [-0.2, -0.15) is 0 Å². The van der Waals surface area contributed by atoms with E-state index in [1.807, 2.05) is 0 Å². The molecule has 1 heterocycles. The van der Waals surface area contributed by atoms with Gasteiger partial charge in [-0.15, -0.1) is 0 Å².